The Kier molecular flexibility index (Phi) is 5.13. The third-order valence-corrected chi connectivity index (χ3v) is 3.52. The van der Waals surface area contributed by atoms with Gasteiger partial charge in [0, 0.05) is 25.9 Å². The minimum atomic E-state index is -0.561. The Morgan fingerprint density at radius 1 is 1.14 bits per heavy atom. The van der Waals surface area contributed by atoms with E-state index in [0.29, 0.717) is 38.9 Å². The molecule has 116 valence electrons. The number of nitrogens with one attached hydrogen (secondary N) is 1. The molecule has 0 aromatic heterocycles. The van der Waals surface area contributed by atoms with Crippen molar-refractivity contribution in [2.45, 2.75) is 32.1 Å². The molecule has 21 heavy (non-hydrogen) atoms. The Bertz CT molecular complexity index is 451. The SMILES string of the molecule is O=C1CCN(CCCCCC(=O)N2CCOC2=O)C(=O)N1. The summed E-state index contributed by atoms with van der Waals surface area (Å²) in [6.07, 6.45) is 2.29. The molecule has 0 saturated carbocycles. The maximum absolute atomic E-state index is 11.7. The van der Waals surface area contributed by atoms with Gasteiger partial charge < -0.3 is 9.64 Å². The van der Waals surface area contributed by atoms with Crippen LogP contribution in [-0.4, -0.2) is 60.0 Å². The van der Waals surface area contributed by atoms with E-state index >= 15 is 0 Å². The van der Waals surface area contributed by atoms with Crippen LogP contribution in [0.2, 0.25) is 0 Å². The number of imide groups is 2. The molecular weight excluding hydrogens is 278 g/mol. The fourth-order valence-corrected chi connectivity index (χ4v) is 2.32. The van der Waals surface area contributed by atoms with Crippen molar-refractivity contribution in [3.8, 4) is 0 Å². The number of ether oxygens (including phenoxy) is 1. The van der Waals surface area contributed by atoms with Crippen molar-refractivity contribution in [2.24, 2.45) is 0 Å². The molecule has 8 nitrogen and oxygen atoms in total. The van der Waals surface area contributed by atoms with Crippen molar-refractivity contribution in [2.75, 3.05) is 26.2 Å². The number of rotatable bonds is 6. The number of amides is 5. The van der Waals surface area contributed by atoms with E-state index in [9.17, 15) is 19.2 Å². The van der Waals surface area contributed by atoms with Crippen LogP contribution in [0.25, 0.3) is 0 Å². The summed E-state index contributed by atoms with van der Waals surface area (Å²) < 4.78 is 4.70. The largest absolute Gasteiger partial charge is 0.447 e. The van der Waals surface area contributed by atoms with Gasteiger partial charge in [-0.05, 0) is 12.8 Å². The van der Waals surface area contributed by atoms with E-state index < -0.39 is 6.09 Å². The van der Waals surface area contributed by atoms with Crippen LogP contribution in [0.1, 0.15) is 32.1 Å². The second kappa shape index (κ2) is 7.05. The van der Waals surface area contributed by atoms with Crippen LogP contribution in [0.5, 0.6) is 0 Å². The van der Waals surface area contributed by atoms with Gasteiger partial charge in [-0.25, -0.2) is 14.5 Å². The van der Waals surface area contributed by atoms with Gasteiger partial charge in [0.1, 0.15) is 6.61 Å². The van der Waals surface area contributed by atoms with Gasteiger partial charge in [0.05, 0.1) is 6.54 Å². The fourth-order valence-electron chi connectivity index (χ4n) is 2.32. The number of carbonyl (C=O) groups excluding carboxylic acids is 4. The lowest BCUT2D eigenvalue weighted by Gasteiger charge is -2.26. The zero-order valence-electron chi connectivity index (χ0n) is 11.8. The zero-order valence-corrected chi connectivity index (χ0v) is 11.8. The fraction of sp³-hybridized carbons (Fsp3) is 0.692. The van der Waals surface area contributed by atoms with E-state index in [0.717, 1.165) is 17.7 Å². The van der Waals surface area contributed by atoms with E-state index in [2.05, 4.69) is 5.32 Å². The van der Waals surface area contributed by atoms with Gasteiger partial charge in [-0.1, -0.05) is 6.42 Å². The molecule has 2 aliphatic rings. The van der Waals surface area contributed by atoms with Crippen LogP contribution in [0.3, 0.4) is 0 Å². The Labute approximate surface area is 122 Å². The van der Waals surface area contributed by atoms with Crippen LogP contribution in [0.4, 0.5) is 9.59 Å². The van der Waals surface area contributed by atoms with Crippen LogP contribution in [0, 0.1) is 0 Å². The Hall–Kier alpha value is -2.12. The third-order valence-electron chi connectivity index (χ3n) is 3.52. The summed E-state index contributed by atoms with van der Waals surface area (Å²) in [6, 6.07) is -0.345. The van der Waals surface area contributed by atoms with Gasteiger partial charge in [-0.3, -0.25) is 14.9 Å². The maximum Gasteiger partial charge on any atom is 0.416 e. The molecule has 2 fully saturated rings. The van der Waals surface area contributed by atoms with Crippen molar-refractivity contribution in [1.82, 2.24) is 15.1 Å². The van der Waals surface area contributed by atoms with Crippen molar-refractivity contribution < 1.29 is 23.9 Å². The minimum absolute atomic E-state index is 0.209. The first kappa shape index (κ1) is 15.3. The highest BCUT2D eigenvalue weighted by Gasteiger charge is 2.27. The van der Waals surface area contributed by atoms with Gasteiger partial charge >= 0.3 is 12.1 Å². The van der Waals surface area contributed by atoms with E-state index in [4.69, 9.17) is 4.74 Å². The summed E-state index contributed by atoms with van der Waals surface area (Å²) in [5.74, 6) is -0.446. The third kappa shape index (κ3) is 4.17. The topological polar surface area (TPSA) is 96.0 Å². The molecule has 2 heterocycles. The van der Waals surface area contributed by atoms with Gasteiger partial charge in [-0.2, -0.15) is 0 Å². The highest BCUT2D eigenvalue weighted by molar-refractivity contribution is 5.96. The van der Waals surface area contributed by atoms with E-state index in [-0.39, 0.29) is 24.5 Å². The van der Waals surface area contributed by atoms with E-state index in [1.54, 1.807) is 4.90 Å². The van der Waals surface area contributed by atoms with Gasteiger partial charge in [-0.15, -0.1) is 0 Å². The first-order chi connectivity index (χ1) is 10.1. The molecule has 2 aliphatic heterocycles. The molecule has 8 heteroatoms. The summed E-state index contributed by atoms with van der Waals surface area (Å²) in [5.41, 5.74) is 0. The summed E-state index contributed by atoms with van der Waals surface area (Å²) in [7, 11) is 0. The number of nitrogens with zero attached hydrogens (tertiary/aromatic N) is 2. The average Bonchev–Trinajstić information content (AvgIpc) is 2.86. The van der Waals surface area contributed by atoms with Gasteiger partial charge in [0.25, 0.3) is 0 Å². The molecular formula is C13H19N3O5. The van der Waals surface area contributed by atoms with Crippen LogP contribution >= 0.6 is 0 Å². The molecule has 0 aliphatic carbocycles. The molecule has 2 rings (SSSR count). The van der Waals surface area contributed by atoms with Crippen molar-refractivity contribution >= 4 is 23.9 Å². The number of carbonyl (C=O) groups is 4. The van der Waals surface area contributed by atoms with E-state index in [1.165, 1.54) is 0 Å². The standard InChI is InChI=1S/C13H19N3O5/c17-10-5-7-15(12(19)14-10)6-3-1-2-4-11(18)16-8-9-21-13(16)20/h1-9H2,(H,14,17,19). The number of hydrogen-bond donors (Lipinski definition) is 1. The Balaban J connectivity index is 1.58. The van der Waals surface area contributed by atoms with Crippen LogP contribution in [-0.2, 0) is 14.3 Å². The van der Waals surface area contributed by atoms with Gasteiger partial charge in [0.2, 0.25) is 11.8 Å². The number of cyclic esters (lactones) is 1. The highest BCUT2D eigenvalue weighted by Crippen LogP contribution is 2.10. The lowest BCUT2D eigenvalue weighted by Crippen LogP contribution is -2.49. The minimum Gasteiger partial charge on any atom is -0.447 e. The molecule has 2 saturated heterocycles. The molecule has 5 amide bonds. The quantitative estimate of drug-likeness (QED) is 0.719. The maximum atomic E-state index is 11.7. The molecule has 0 spiro atoms. The number of unbranched alkanes of at least 4 members (excludes halogenated alkanes) is 2. The number of hydrogen-bond acceptors (Lipinski definition) is 5. The molecule has 0 unspecified atom stereocenters. The molecule has 1 N–H and O–H groups in total. The molecule has 0 atom stereocenters. The molecule has 0 radical (unpaired) electrons. The smallest absolute Gasteiger partial charge is 0.416 e. The Morgan fingerprint density at radius 3 is 2.62 bits per heavy atom. The summed E-state index contributed by atoms with van der Waals surface area (Å²) in [5, 5.41) is 2.27. The summed E-state index contributed by atoms with van der Waals surface area (Å²) in [4.78, 5) is 48.1. The highest BCUT2D eigenvalue weighted by atomic mass is 16.6. The van der Waals surface area contributed by atoms with E-state index in [1.807, 2.05) is 0 Å². The number of urea groups is 1. The zero-order chi connectivity index (χ0) is 15.2. The Morgan fingerprint density at radius 2 is 1.95 bits per heavy atom. The molecule has 0 bridgehead atoms. The normalized spacial score (nSPS) is 18.8. The molecule has 0 aromatic rings. The van der Waals surface area contributed by atoms with Gasteiger partial charge in [0.15, 0.2) is 0 Å². The van der Waals surface area contributed by atoms with Crippen LogP contribution < -0.4 is 5.32 Å². The average molecular weight is 297 g/mol. The summed E-state index contributed by atoms with van der Waals surface area (Å²) >= 11 is 0. The lowest BCUT2D eigenvalue weighted by atomic mass is 10.1. The monoisotopic (exact) mass is 297 g/mol. The first-order valence-corrected chi connectivity index (χ1v) is 7.14. The van der Waals surface area contributed by atoms with Crippen LogP contribution in [0.15, 0.2) is 0 Å². The summed E-state index contributed by atoms with van der Waals surface area (Å²) in [6.45, 7) is 1.62. The predicted octanol–water partition coefficient (Wildman–Crippen LogP) is 0.468. The second-order valence-electron chi connectivity index (χ2n) is 5.06. The predicted molar refractivity (Wildman–Crippen MR) is 71.3 cm³/mol. The van der Waals surface area contributed by atoms with Crippen molar-refractivity contribution in [3.63, 3.8) is 0 Å². The van der Waals surface area contributed by atoms with Crippen molar-refractivity contribution in [3.05, 3.63) is 0 Å². The lowest BCUT2D eigenvalue weighted by molar-refractivity contribution is -0.128. The second-order valence-corrected chi connectivity index (χ2v) is 5.06. The molecule has 0 aromatic carbocycles. The van der Waals surface area contributed by atoms with Crippen molar-refractivity contribution in [1.29, 1.82) is 0 Å². The first-order valence-electron chi connectivity index (χ1n) is 7.14.